The van der Waals surface area contributed by atoms with Gasteiger partial charge in [0.25, 0.3) is 0 Å². The fourth-order valence-electron chi connectivity index (χ4n) is 2.63. The van der Waals surface area contributed by atoms with Gasteiger partial charge in [0.05, 0.1) is 18.7 Å². The van der Waals surface area contributed by atoms with E-state index in [-0.39, 0.29) is 0 Å². The molecular formula is C20H19NO3. The third kappa shape index (κ3) is 3.23. The summed E-state index contributed by atoms with van der Waals surface area (Å²) < 4.78 is 10.7. The first kappa shape index (κ1) is 16.0. The minimum absolute atomic E-state index is 0.312. The molecule has 0 N–H and O–H groups in total. The Morgan fingerprint density at radius 3 is 2.50 bits per heavy atom. The van der Waals surface area contributed by atoms with Gasteiger partial charge in [-0.15, -0.1) is 0 Å². The smallest absolute Gasteiger partial charge is 0.356 e. The minimum Gasteiger partial charge on any atom is -0.494 e. The lowest BCUT2D eigenvalue weighted by Gasteiger charge is -2.11. The maximum absolute atomic E-state index is 12.1. The van der Waals surface area contributed by atoms with Crippen LogP contribution in [0.5, 0.6) is 5.75 Å². The second-order valence-electron chi connectivity index (χ2n) is 5.25. The molecule has 0 unspecified atom stereocenters. The van der Waals surface area contributed by atoms with E-state index in [1.165, 1.54) is 0 Å². The predicted octanol–water partition coefficient (Wildman–Crippen LogP) is 4.48. The molecule has 0 aliphatic heterocycles. The largest absolute Gasteiger partial charge is 0.494 e. The van der Waals surface area contributed by atoms with Crippen LogP contribution in [0.3, 0.4) is 0 Å². The van der Waals surface area contributed by atoms with Gasteiger partial charge < -0.3 is 9.47 Å². The van der Waals surface area contributed by atoms with E-state index in [4.69, 9.17) is 9.47 Å². The van der Waals surface area contributed by atoms with Crippen LogP contribution in [0.2, 0.25) is 0 Å². The molecule has 122 valence electrons. The summed E-state index contributed by atoms with van der Waals surface area (Å²) >= 11 is 0. The number of aromatic nitrogens is 1. The van der Waals surface area contributed by atoms with E-state index in [0.717, 1.165) is 27.8 Å². The summed E-state index contributed by atoms with van der Waals surface area (Å²) in [5, 5.41) is 0.945. The zero-order valence-corrected chi connectivity index (χ0v) is 13.8. The second-order valence-corrected chi connectivity index (χ2v) is 5.25. The molecule has 3 rings (SSSR count). The molecule has 0 radical (unpaired) electrons. The first-order valence-electron chi connectivity index (χ1n) is 8.03. The fraction of sp³-hybridized carbons (Fsp3) is 0.200. The van der Waals surface area contributed by atoms with Crippen molar-refractivity contribution in [2.75, 3.05) is 13.2 Å². The zero-order chi connectivity index (χ0) is 16.9. The highest BCUT2D eigenvalue weighted by atomic mass is 16.5. The lowest BCUT2D eigenvalue weighted by atomic mass is 10.00. The van der Waals surface area contributed by atoms with Gasteiger partial charge in [-0.25, -0.2) is 9.78 Å². The number of benzene rings is 2. The van der Waals surface area contributed by atoms with Crippen molar-refractivity contribution < 1.29 is 14.3 Å². The van der Waals surface area contributed by atoms with Crippen LogP contribution >= 0.6 is 0 Å². The van der Waals surface area contributed by atoms with Crippen molar-refractivity contribution >= 4 is 16.9 Å². The molecule has 0 atom stereocenters. The Balaban J connectivity index is 2.22. The minimum atomic E-state index is -0.412. The molecule has 4 heteroatoms. The van der Waals surface area contributed by atoms with E-state index in [1.807, 2.05) is 55.5 Å². The lowest BCUT2D eigenvalue weighted by Crippen LogP contribution is -2.07. The van der Waals surface area contributed by atoms with Crippen molar-refractivity contribution in [3.8, 4) is 16.9 Å². The van der Waals surface area contributed by atoms with Crippen molar-refractivity contribution in [3.63, 3.8) is 0 Å². The molecule has 0 aliphatic carbocycles. The van der Waals surface area contributed by atoms with Crippen LogP contribution in [-0.4, -0.2) is 24.2 Å². The summed E-state index contributed by atoms with van der Waals surface area (Å²) in [6, 6.07) is 17.4. The van der Waals surface area contributed by atoms with Crippen LogP contribution in [0.25, 0.3) is 22.0 Å². The number of hydrogen-bond acceptors (Lipinski definition) is 4. The van der Waals surface area contributed by atoms with Crippen LogP contribution in [0.15, 0.2) is 54.6 Å². The molecule has 0 saturated carbocycles. The Labute approximate surface area is 141 Å². The zero-order valence-electron chi connectivity index (χ0n) is 13.8. The summed E-state index contributed by atoms with van der Waals surface area (Å²) in [4.78, 5) is 16.6. The molecular weight excluding hydrogens is 302 g/mol. The molecule has 0 amide bonds. The number of hydrogen-bond donors (Lipinski definition) is 0. The molecule has 0 fully saturated rings. The predicted molar refractivity (Wildman–Crippen MR) is 94.3 cm³/mol. The van der Waals surface area contributed by atoms with Crippen LogP contribution in [0, 0.1) is 0 Å². The Kier molecular flexibility index (Phi) is 4.75. The summed E-state index contributed by atoms with van der Waals surface area (Å²) in [7, 11) is 0. The van der Waals surface area contributed by atoms with Crippen molar-refractivity contribution in [1.82, 2.24) is 4.98 Å². The lowest BCUT2D eigenvalue weighted by molar-refractivity contribution is 0.0520. The first-order valence-corrected chi connectivity index (χ1v) is 8.03. The number of carbonyl (C=O) groups is 1. The van der Waals surface area contributed by atoms with Gasteiger partial charge in [0, 0.05) is 5.39 Å². The van der Waals surface area contributed by atoms with E-state index in [2.05, 4.69) is 4.98 Å². The van der Waals surface area contributed by atoms with Gasteiger partial charge in [-0.05, 0) is 49.2 Å². The quantitative estimate of drug-likeness (QED) is 0.650. The standard InChI is InChI=1S/C20H19NO3/c1-3-23-15-10-11-18-17(12-15)16(14-8-6-5-7-9-14)13-19(21-18)20(22)24-4-2/h5-13H,3-4H2,1-2H3. The number of rotatable bonds is 5. The highest BCUT2D eigenvalue weighted by Gasteiger charge is 2.14. The Morgan fingerprint density at radius 2 is 1.79 bits per heavy atom. The van der Waals surface area contributed by atoms with E-state index < -0.39 is 5.97 Å². The molecule has 0 spiro atoms. The highest BCUT2D eigenvalue weighted by molar-refractivity contribution is 6.00. The Hall–Kier alpha value is -2.88. The van der Waals surface area contributed by atoms with Gasteiger partial charge in [0.2, 0.25) is 0 Å². The maximum atomic E-state index is 12.1. The number of ether oxygens (including phenoxy) is 2. The molecule has 1 aromatic heterocycles. The number of fused-ring (bicyclic) bond motifs is 1. The van der Waals surface area contributed by atoms with Gasteiger partial charge in [0.15, 0.2) is 0 Å². The monoisotopic (exact) mass is 321 g/mol. The van der Waals surface area contributed by atoms with Crippen molar-refractivity contribution in [2.45, 2.75) is 13.8 Å². The molecule has 3 aromatic rings. The molecule has 2 aromatic carbocycles. The van der Waals surface area contributed by atoms with E-state index in [0.29, 0.717) is 18.9 Å². The Bertz CT molecular complexity index is 859. The van der Waals surface area contributed by atoms with Gasteiger partial charge in [0.1, 0.15) is 11.4 Å². The van der Waals surface area contributed by atoms with Crippen molar-refractivity contribution in [1.29, 1.82) is 0 Å². The second kappa shape index (κ2) is 7.13. The van der Waals surface area contributed by atoms with E-state index in [9.17, 15) is 4.79 Å². The molecule has 0 aliphatic rings. The van der Waals surface area contributed by atoms with E-state index >= 15 is 0 Å². The molecule has 4 nitrogen and oxygen atoms in total. The molecule has 24 heavy (non-hydrogen) atoms. The molecule has 0 saturated heterocycles. The summed E-state index contributed by atoms with van der Waals surface area (Å²) in [6.07, 6.45) is 0. The van der Waals surface area contributed by atoms with Gasteiger partial charge in [-0.1, -0.05) is 30.3 Å². The van der Waals surface area contributed by atoms with Crippen LogP contribution < -0.4 is 4.74 Å². The number of nitrogens with zero attached hydrogens (tertiary/aromatic N) is 1. The summed E-state index contributed by atoms with van der Waals surface area (Å²) in [5.74, 6) is 0.373. The molecule has 0 bridgehead atoms. The third-order valence-electron chi connectivity index (χ3n) is 3.66. The SMILES string of the molecule is CCOC(=O)c1cc(-c2ccccc2)c2cc(OCC)ccc2n1. The fourth-order valence-corrected chi connectivity index (χ4v) is 2.63. The van der Waals surface area contributed by atoms with E-state index in [1.54, 1.807) is 13.0 Å². The van der Waals surface area contributed by atoms with Crippen LogP contribution in [-0.2, 0) is 4.74 Å². The summed E-state index contributed by atoms with van der Waals surface area (Å²) in [5.41, 5.74) is 3.00. The topological polar surface area (TPSA) is 48.4 Å². The van der Waals surface area contributed by atoms with Crippen molar-refractivity contribution in [2.24, 2.45) is 0 Å². The van der Waals surface area contributed by atoms with Crippen molar-refractivity contribution in [3.05, 3.63) is 60.3 Å². The van der Waals surface area contributed by atoms with Gasteiger partial charge in [-0.2, -0.15) is 0 Å². The number of esters is 1. The normalized spacial score (nSPS) is 10.6. The average molecular weight is 321 g/mol. The number of pyridine rings is 1. The van der Waals surface area contributed by atoms with Crippen LogP contribution in [0.4, 0.5) is 0 Å². The Morgan fingerprint density at radius 1 is 1.00 bits per heavy atom. The number of carbonyl (C=O) groups excluding carboxylic acids is 1. The third-order valence-corrected chi connectivity index (χ3v) is 3.66. The van der Waals surface area contributed by atoms with Gasteiger partial charge in [-0.3, -0.25) is 0 Å². The van der Waals surface area contributed by atoms with Crippen LogP contribution in [0.1, 0.15) is 24.3 Å². The molecule has 1 heterocycles. The maximum Gasteiger partial charge on any atom is 0.356 e. The highest BCUT2D eigenvalue weighted by Crippen LogP contribution is 2.31. The average Bonchev–Trinajstić information content (AvgIpc) is 2.62. The first-order chi connectivity index (χ1) is 11.7. The summed E-state index contributed by atoms with van der Waals surface area (Å²) in [6.45, 7) is 4.65. The van der Waals surface area contributed by atoms with Gasteiger partial charge >= 0.3 is 5.97 Å².